The topological polar surface area (TPSA) is 17.1 Å². The van der Waals surface area contributed by atoms with Crippen molar-refractivity contribution in [3.05, 3.63) is 0 Å². The van der Waals surface area contributed by atoms with Crippen molar-refractivity contribution >= 4 is 5.78 Å². The molecule has 1 heteroatoms. The first-order valence-electron chi connectivity index (χ1n) is 10.5. The average Bonchev–Trinajstić information content (AvgIpc) is 2.88. The third kappa shape index (κ3) is 1.63. The normalized spacial score (nSPS) is 58.3. The predicted octanol–water partition coefficient (Wildman–Crippen LogP) is 5.77. The zero-order valence-corrected chi connectivity index (χ0v) is 15.2. The molecule has 5 saturated carbocycles. The molecule has 5 rings (SSSR count). The van der Waals surface area contributed by atoms with Crippen LogP contribution in [-0.4, -0.2) is 5.78 Å². The van der Waals surface area contributed by atoms with Crippen LogP contribution in [0, 0.1) is 39.9 Å². The minimum absolute atomic E-state index is 0.132. The lowest BCUT2D eigenvalue weighted by molar-refractivity contribution is -0.163. The maximum Gasteiger partial charge on any atom is 0.139 e. The number of rotatable bonds is 0. The van der Waals surface area contributed by atoms with Crippen molar-refractivity contribution in [1.82, 2.24) is 0 Å². The maximum atomic E-state index is 12.6. The fraction of sp³-hybridized carbons (Fsp3) is 0.955. The van der Waals surface area contributed by atoms with Gasteiger partial charge in [0.1, 0.15) is 5.78 Å². The fourth-order valence-corrected chi connectivity index (χ4v) is 8.83. The lowest BCUT2D eigenvalue weighted by Gasteiger charge is -2.62. The quantitative estimate of drug-likeness (QED) is 0.555. The van der Waals surface area contributed by atoms with Crippen LogP contribution in [0.4, 0.5) is 0 Å². The molecule has 1 spiro atoms. The largest absolute Gasteiger partial charge is 0.299 e. The van der Waals surface area contributed by atoms with Gasteiger partial charge in [-0.2, -0.15) is 0 Å². The van der Waals surface area contributed by atoms with Crippen LogP contribution in [-0.2, 0) is 4.79 Å². The lowest BCUT2D eigenvalue weighted by Crippen LogP contribution is -2.58. The van der Waals surface area contributed by atoms with Gasteiger partial charge in [-0.3, -0.25) is 4.79 Å². The molecule has 1 unspecified atom stereocenters. The molecule has 0 aromatic rings. The summed E-state index contributed by atoms with van der Waals surface area (Å²) in [5.74, 6) is 4.44. The maximum absolute atomic E-state index is 12.6. The SMILES string of the molecule is C[C@]12CCCCC1CC[C@@H]1[C@@H]2CC[C@@]2(C)[C@H]1CC[C@]21CCC1=O. The molecular weight excluding hydrogens is 280 g/mol. The Balaban J connectivity index is 1.48. The predicted molar refractivity (Wildman–Crippen MR) is 93.0 cm³/mol. The van der Waals surface area contributed by atoms with E-state index >= 15 is 0 Å². The van der Waals surface area contributed by atoms with Gasteiger partial charge in [0.15, 0.2) is 0 Å². The Morgan fingerprint density at radius 3 is 2.39 bits per heavy atom. The standard InChI is InChI=1S/C22H34O/c1-20-11-4-3-5-15(20)6-7-16-17(20)8-12-21(2)18(16)9-13-22(21)14-10-19(22)23/h15-18H,3-14H2,1-2H3/t15?,16-,17+,18+,20+,21+,22-/m1/s1. The molecule has 128 valence electrons. The van der Waals surface area contributed by atoms with Gasteiger partial charge in [-0.05, 0) is 92.3 Å². The zero-order chi connectivity index (χ0) is 15.9. The van der Waals surface area contributed by atoms with E-state index in [4.69, 9.17) is 0 Å². The molecule has 23 heavy (non-hydrogen) atoms. The average molecular weight is 315 g/mol. The smallest absolute Gasteiger partial charge is 0.139 e. The van der Waals surface area contributed by atoms with Crippen molar-refractivity contribution in [2.45, 2.75) is 90.9 Å². The number of hydrogen-bond acceptors (Lipinski definition) is 1. The summed E-state index contributed by atoms with van der Waals surface area (Å²) in [4.78, 5) is 12.6. The highest BCUT2D eigenvalue weighted by Crippen LogP contribution is 2.73. The van der Waals surface area contributed by atoms with E-state index in [9.17, 15) is 4.79 Å². The van der Waals surface area contributed by atoms with Gasteiger partial charge in [0.2, 0.25) is 0 Å². The van der Waals surface area contributed by atoms with Crippen molar-refractivity contribution in [2.24, 2.45) is 39.9 Å². The number of carbonyl (C=O) groups is 1. The van der Waals surface area contributed by atoms with Crippen molar-refractivity contribution in [2.75, 3.05) is 0 Å². The molecule has 5 aliphatic carbocycles. The Labute approximate surface area is 142 Å². The summed E-state index contributed by atoms with van der Waals surface area (Å²) in [5.41, 5.74) is 1.14. The monoisotopic (exact) mass is 314 g/mol. The molecule has 0 aliphatic heterocycles. The van der Waals surface area contributed by atoms with Crippen LogP contribution >= 0.6 is 0 Å². The van der Waals surface area contributed by atoms with E-state index in [1.165, 1.54) is 70.6 Å². The van der Waals surface area contributed by atoms with Gasteiger partial charge in [-0.1, -0.05) is 26.7 Å². The van der Waals surface area contributed by atoms with Gasteiger partial charge in [0.25, 0.3) is 0 Å². The van der Waals surface area contributed by atoms with Crippen LogP contribution < -0.4 is 0 Å². The first-order valence-corrected chi connectivity index (χ1v) is 10.5. The van der Waals surface area contributed by atoms with Crippen LogP contribution in [0.2, 0.25) is 0 Å². The lowest BCUT2D eigenvalue weighted by atomic mass is 9.41. The van der Waals surface area contributed by atoms with Gasteiger partial charge >= 0.3 is 0 Å². The van der Waals surface area contributed by atoms with Gasteiger partial charge in [-0.15, -0.1) is 0 Å². The highest BCUT2D eigenvalue weighted by molar-refractivity contribution is 5.91. The Morgan fingerprint density at radius 1 is 0.826 bits per heavy atom. The molecule has 1 nitrogen and oxygen atoms in total. The second-order valence-electron chi connectivity index (χ2n) is 10.4. The van der Waals surface area contributed by atoms with Crippen LogP contribution in [0.5, 0.6) is 0 Å². The van der Waals surface area contributed by atoms with Crippen LogP contribution in [0.1, 0.15) is 90.9 Å². The summed E-state index contributed by atoms with van der Waals surface area (Å²) in [7, 11) is 0. The summed E-state index contributed by atoms with van der Waals surface area (Å²) in [6, 6.07) is 0. The number of carbonyl (C=O) groups excluding carboxylic acids is 1. The van der Waals surface area contributed by atoms with E-state index in [-0.39, 0.29) is 5.41 Å². The number of Topliss-reactive ketones (excluding diaryl/α,β-unsaturated/α-hetero) is 1. The molecule has 5 aliphatic rings. The minimum Gasteiger partial charge on any atom is -0.299 e. The summed E-state index contributed by atoms with van der Waals surface area (Å²) in [6.45, 7) is 5.20. The summed E-state index contributed by atoms with van der Waals surface area (Å²) < 4.78 is 0. The Kier molecular flexibility index (Phi) is 3.02. The van der Waals surface area contributed by atoms with Gasteiger partial charge in [0, 0.05) is 11.8 Å². The molecular formula is C22H34O. The van der Waals surface area contributed by atoms with Gasteiger partial charge in [0.05, 0.1) is 0 Å². The van der Waals surface area contributed by atoms with Crippen molar-refractivity contribution in [3.63, 3.8) is 0 Å². The molecule has 5 fully saturated rings. The molecule has 0 amide bonds. The van der Waals surface area contributed by atoms with Crippen molar-refractivity contribution < 1.29 is 4.79 Å². The fourth-order valence-electron chi connectivity index (χ4n) is 8.83. The molecule has 0 aromatic heterocycles. The van der Waals surface area contributed by atoms with E-state index in [1.807, 2.05) is 0 Å². The summed E-state index contributed by atoms with van der Waals surface area (Å²) in [5, 5.41) is 0. The van der Waals surface area contributed by atoms with E-state index in [2.05, 4.69) is 13.8 Å². The molecule has 0 radical (unpaired) electrons. The second kappa shape index (κ2) is 4.64. The van der Waals surface area contributed by atoms with E-state index in [1.54, 1.807) is 0 Å². The van der Waals surface area contributed by atoms with Gasteiger partial charge in [-0.25, -0.2) is 0 Å². The van der Waals surface area contributed by atoms with Crippen LogP contribution in [0.25, 0.3) is 0 Å². The molecule has 0 bridgehead atoms. The number of ketones is 1. The van der Waals surface area contributed by atoms with Crippen molar-refractivity contribution in [3.8, 4) is 0 Å². The Hall–Kier alpha value is -0.330. The molecule has 0 aromatic carbocycles. The zero-order valence-electron chi connectivity index (χ0n) is 15.2. The third-order valence-corrected chi connectivity index (χ3v) is 10.3. The third-order valence-electron chi connectivity index (χ3n) is 10.3. The van der Waals surface area contributed by atoms with E-state index in [0.717, 1.165) is 30.1 Å². The van der Waals surface area contributed by atoms with Crippen LogP contribution in [0.3, 0.4) is 0 Å². The molecule has 0 saturated heterocycles. The van der Waals surface area contributed by atoms with E-state index in [0.29, 0.717) is 16.6 Å². The minimum atomic E-state index is 0.132. The van der Waals surface area contributed by atoms with Gasteiger partial charge < -0.3 is 0 Å². The number of fused-ring (bicyclic) bond motifs is 6. The summed E-state index contributed by atoms with van der Waals surface area (Å²) >= 11 is 0. The van der Waals surface area contributed by atoms with Crippen LogP contribution in [0.15, 0.2) is 0 Å². The molecule has 0 heterocycles. The first-order chi connectivity index (χ1) is 11.0. The first kappa shape index (κ1) is 15.0. The van der Waals surface area contributed by atoms with E-state index < -0.39 is 0 Å². The number of hydrogen-bond donors (Lipinski definition) is 0. The Bertz CT molecular complexity index is 538. The van der Waals surface area contributed by atoms with Crippen molar-refractivity contribution in [1.29, 1.82) is 0 Å². The highest BCUT2D eigenvalue weighted by Gasteiger charge is 2.68. The Morgan fingerprint density at radius 2 is 1.65 bits per heavy atom. The summed E-state index contributed by atoms with van der Waals surface area (Å²) in [6.07, 6.45) is 16.4. The second-order valence-corrected chi connectivity index (χ2v) is 10.4. The molecule has 0 N–H and O–H groups in total. The highest BCUT2D eigenvalue weighted by atomic mass is 16.1. The molecule has 7 atom stereocenters.